The summed E-state index contributed by atoms with van der Waals surface area (Å²) in [4.78, 5) is 4.49. The fraction of sp³-hybridized carbons (Fsp3) is 0.364. The Morgan fingerprint density at radius 3 is 2.82 bits per heavy atom. The fourth-order valence-electron chi connectivity index (χ4n) is 1.52. The lowest BCUT2D eigenvalue weighted by Crippen LogP contribution is -2.23. The van der Waals surface area contributed by atoms with Crippen LogP contribution in [0.3, 0.4) is 0 Å². The van der Waals surface area contributed by atoms with Crippen LogP contribution in [-0.4, -0.2) is 26.2 Å². The third kappa shape index (κ3) is 3.76. The van der Waals surface area contributed by atoms with E-state index in [0.717, 1.165) is 23.4 Å². The number of hydrogen-bond donors (Lipinski definition) is 1. The molecule has 0 bridgehead atoms. The number of hydrogen-bond acceptors (Lipinski definition) is 4. The second-order valence-electron chi connectivity index (χ2n) is 3.85. The van der Waals surface area contributed by atoms with E-state index in [-0.39, 0.29) is 0 Å². The lowest BCUT2D eigenvalue weighted by molar-refractivity contribution is 0.585. The van der Waals surface area contributed by atoms with E-state index >= 15 is 0 Å². The van der Waals surface area contributed by atoms with Crippen molar-refractivity contribution in [2.45, 2.75) is 12.8 Å². The highest BCUT2D eigenvalue weighted by Gasteiger charge is 2.04. The number of rotatable bonds is 5. The molecule has 0 aliphatic rings. The van der Waals surface area contributed by atoms with Crippen molar-refractivity contribution < 1.29 is 8.42 Å². The number of aryl methyl sites for hydroxylation is 1. The van der Waals surface area contributed by atoms with Crippen LogP contribution in [0, 0.1) is 0 Å². The predicted molar refractivity (Wildman–Crippen MR) is 70.8 cm³/mol. The molecular formula is C11H14N2O2S2. The van der Waals surface area contributed by atoms with Gasteiger partial charge in [-0.3, -0.25) is 0 Å². The van der Waals surface area contributed by atoms with Crippen LogP contribution >= 0.6 is 11.3 Å². The standard InChI is InChI=1S/C11H14N2O2S2/c1-17(14,15)12-8-4-7-11-13-9-5-2-3-6-10(9)16-11/h2-3,5-6,12H,4,7-8H2,1H3. The molecule has 17 heavy (non-hydrogen) atoms. The first-order valence-corrected chi connectivity index (χ1v) is 8.04. The third-order valence-corrected chi connectivity index (χ3v) is 4.09. The van der Waals surface area contributed by atoms with Crippen LogP contribution in [0.15, 0.2) is 24.3 Å². The normalized spacial score (nSPS) is 12.1. The van der Waals surface area contributed by atoms with Crippen LogP contribution in [0.4, 0.5) is 0 Å². The lowest BCUT2D eigenvalue weighted by atomic mass is 10.3. The zero-order chi connectivity index (χ0) is 12.3. The zero-order valence-corrected chi connectivity index (χ0v) is 11.1. The first-order valence-electron chi connectivity index (χ1n) is 5.34. The van der Waals surface area contributed by atoms with Gasteiger partial charge in [-0.05, 0) is 18.6 Å². The molecular weight excluding hydrogens is 256 g/mol. The quantitative estimate of drug-likeness (QED) is 0.843. The smallest absolute Gasteiger partial charge is 0.208 e. The molecule has 0 atom stereocenters. The highest BCUT2D eigenvalue weighted by molar-refractivity contribution is 7.88. The van der Waals surface area contributed by atoms with Gasteiger partial charge >= 0.3 is 0 Å². The van der Waals surface area contributed by atoms with E-state index in [4.69, 9.17) is 0 Å². The SMILES string of the molecule is CS(=O)(=O)NCCCc1nc2ccccc2s1. The molecule has 0 radical (unpaired) electrons. The van der Waals surface area contributed by atoms with E-state index in [2.05, 4.69) is 9.71 Å². The van der Waals surface area contributed by atoms with Gasteiger partial charge in [0.2, 0.25) is 10.0 Å². The second kappa shape index (κ2) is 5.12. The van der Waals surface area contributed by atoms with Crippen LogP contribution in [-0.2, 0) is 16.4 Å². The van der Waals surface area contributed by atoms with Gasteiger partial charge < -0.3 is 0 Å². The molecule has 0 amide bonds. The summed E-state index contributed by atoms with van der Waals surface area (Å²) in [5, 5.41) is 1.06. The minimum atomic E-state index is -3.07. The highest BCUT2D eigenvalue weighted by atomic mass is 32.2. The van der Waals surface area contributed by atoms with Crippen LogP contribution in [0.5, 0.6) is 0 Å². The molecule has 0 unspecified atom stereocenters. The molecule has 6 heteroatoms. The average Bonchev–Trinajstić information content (AvgIpc) is 2.65. The second-order valence-corrected chi connectivity index (χ2v) is 6.79. The molecule has 2 aromatic rings. The summed E-state index contributed by atoms with van der Waals surface area (Å²) in [6.07, 6.45) is 2.75. The van der Waals surface area contributed by atoms with Crippen molar-refractivity contribution in [1.29, 1.82) is 0 Å². The molecule has 1 heterocycles. The summed E-state index contributed by atoms with van der Waals surface area (Å²) in [6.45, 7) is 0.467. The molecule has 1 aromatic carbocycles. The van der Waals surface area contributed by atoms with E-state index in [9.17, 15) is 8.42 Å². The van der Waals surface area contributed by atoms with Gasteiger partial charge in [-0.1, -0.05) is 12.1 Å². The Morgan fingerprint density at radius 2 is 2.12 bits per heavy atom. The van der Waals surface area contributed by atoms with Gasteiger partial charge in [-0.2, -0.15) is 0 Å². The van der Waals surface area contributed by atoms with E-state index in [1.165, 1.54) is 11.0 Å². The van der Waals surface area contributed by atoms with Gasteiger partial charge in [-0.15, -0.1) is 11.3 Å². The molecule has 0 aliphatic heterocycles. The summed E-state index contributed by atoms with van der Waals surface area (Å²) in [5.74, 6) is 0. The summed E-state index contributed by atoms with van der Waals surface area (Å²) in [6, 6.07) is 8.00. The first kappa shape index (κ1) is 12.5. The monoisotopic (exact) mass is 270 g/mol. The predicted octanol–water partition coefficient (Wildman–Crippen LogP) is 1.78. The zero-order valence-electron chi connectivity index (χ0n) is 9.51. The van der Waals surface area contributed by atoms with Crippen molar-refractivity contribution in [3.8, 4) is 0 Å². The van der Waals surface area contributed by atoms with E-state index < -0.39 is 10.0 Å². The summed E-state index contributed by atoms with van der Waals surface area (Å²) < 4.78 is 25.4. The van der Waals surface area contributed by atoms with Crippen molar-refractivity contribution in [2.75, 3.05) is 12.8 Å². The lowest BCUT2D eigenvalue weighted by Gasteiger charge is -1.99. The number of nitrogens with one attached hydrogen (secondary N) is 1. The molecule has 0 aliphatic carbocycles. The largest absolute Gasteiger partial charge is 0.241 e. The summed E-state index contributed by atoms with van der Waals surface area (Å²) >= 11 is 1.67. The maximum Gasteiger partial charge on any atom is 0.208 e. The molecule has 0 saturated heterocycles. The number of para-hydroxylation sites is 1. The molecule has 0 spiro atoms. The van der Waals surface area contributed by atoms with Gasteiger partial charge in [0.05, 0.1) is 21.5 Å². The van der Waals surface area contributed by atoms with Crippen molar-refractivity contribution in [3.63, 3.8) is 0 Å². The van der Waals surface area contributed by atoms with E-state index in [0.29, 0.717) is 6.54 Å². The number of thiazole rings is 1. The Bertz CT molecular complexity index is 572. The molecule has 1 aromatic heterocycles. The van der Waals surface area contributed by atoms with Crippen molar-refractivity contribution >= 4 is 31.6 Å². The number of aromatic nitrogens is 1. The number of benzene rings is 1. The number of sulfonamides is 1. The maximum atomic E-state index is 10.9. The average molecular weight is 270 g/mol. The Hall–Kier alpha value is -0.980. The van der Waals surface area contributed by atoms with Gasteiger partial charge in [0, 0.05) is 13.0 Å². The Morgan fingerprint density at radius 1 is 1.35 bits per heavy atom. The van der Waals surface area contributed by atoms with Crippen molar-refractivity contribution in [2.24, 2.45) is 0 Å². The minimum absolute atomic E-state index is 0.467. The molecule has 0 fully saturated rings. The van der Waals surface area contributed by atoms with Gasteiger partial charge in [0.15, 0.2) is 0 Å². The molecule has 0 saturated carbocycles. The van der Waals surface area contributed by atoms with Crippen molar-refractivity contribution in [3.05, 3.63) is 29.3 Å². The van der Waals surface area contributed by atoms with Gasteiger partial charge in [-0.25, -0.2) is 18.1 Å². The number of fused-ring (bicyclic) bond motifs is 1. The summed E-state index contributed by atoms with van der Waals surface area (Å²) in [7, 11) is -3.07. The molecule has 2 rings (SSSR count). The Labute approximate surface area is 105 Å². The van der Waals surface area contributed by atoms with Crippen LogP contribution in [0.25, 0.3) is 10.2 Å². The molecule has 1 N–H and O–H groups in total. The Balaban J connectivity index is 1.91. The highest BCUT2D eigenvalue weighted by Crippen LogP contribution is 2.22. The molecule has 4 nitrogen and oxygen atoms in total. The van der Waals surface area contributed by atoms with Crippen LogP contribution in [0.1, 0.15) is 11.4 Å². The maximum absolute atomic E-state index is 10.9. The van der Waals surface area contributed by atoms with Crippen LogP contribution in [0.2, 0.25) is 0 Å². The fourth-order valence-corrected chi connectivity index (χ4v) is 3.05. The van der Waals surface area contributed by atoms with E-state index in [1.807, 2.05) is 24.3 Å². The molecule has 92 valence electrons. The van der Waals surface area contributed by atoms with E-state index in [1.54, 1.807) is 11.3 Å². The number of nitrogens with zero attached hydrogens (tertiary/aromatic N) is 1. The van der Waals surface area contributed by atoms with Gasteiger partial charge in [0.25, 0.3) is 0 Å². The van der Waals surface area contributed by atoms with Crippen molar-refractivity contribution in [1.82, 2.24) is 9.71 Å². The van der Waals surface area contributed by atoms with Crippen LogP contribution < -0.4 is 4.72 Å². The Kier molecular flexibility index (Phi) is 3.76. The third-order valence-electron chi connectivity index (χ3n) is 2.27. The topological polar surface area (TPSA) is 59.1 Å². The van der Waals surface area contributed by atoms with Gasteiger partial charge in [0.1, 0.15) is 0 Å². The minimum Gasteiger partial charge on any atom is -0.241 e. The summed E-state index contributed by atoms with van der Waals surface area (Å²) in [5.41, 5.74) is 1.02. The first-order chi connectivity index (χ1) is 8.04.